The van der Waals surface area contributed by atoms with Gasteiger partial charge in [0, 0.05) is 4.88 Å². The van der Waals surface area contributed by atoms with Crippen molar-refractivity contribution in [2.75, 3.05) is 0 Å². The summed E-state index contributed by atoms with van der Waals surface area (Å²) in [6.45, 7) is 8.89. The second kappa shape index (κ2) is 6.00. The van der Waals surface area contributed by atoms with Crippen molar-refractivity contribution in [1.29, 1.82) is 0 Å². The lowest BCUT2D eigenvalue weighted by Crippen LogP contribution is -2.16. The fourth-order valence-electron chi connectivity index (χ4n) is 2.15. The molecule has 2 aromatic rings. The predicted molar refractivity (Wildman–Crippen MR) is 92.5 cm³/mol. The Morgan fingerprint density at radius 1 is 1.25 bits per heavy atom. The highest BCUT2D eigenvalue weighted by molar-refractivity contribution is 9.11. The molecule has 3 heteroatoms. The molecule has 1 aromatic heterocycles. The first-order valence-corrected chi connectivity index (χ1v) is 8.58. The smallest absolute Gasteiger partial charge is 0.0731 e. The Bertz CT molecular complexity index is 564. The summed E-state index contributed by atoms with van der Waals surface area (Å²) >= 11 is 5.29. The summed E-state index contributed by atoms with van der Waals surface area (Å²) in [6.07, 6.45) is 1.13. The van der Waals surface area contributed by atoms with Gasteiger partial charge in [-0.2, -0.15) is 0 Å². The molecule has 0 bridgehead atoms. The minimum atomic E-state index is -0.0382. The number of rotatable bonds is 4. The van der Waals surface area contributed by atoms with E-state index in [0.717, 1.165) is 6.42 Å². The van der Waals surface area contributed by atoms with Gasteiger partial charge in [-0.25, -0.2) is 0 Å². The number of nitrogens with two attached hydrogens (primary N) is 1. The number of hydrogen-bond donors (Lipinski definition) is 1. The Kier molecular flexibility index (Phi) is 4.73. The zero-order valence-corrected chi connectivity index (χ0v) is 14.9. The molecule has 2 rings (SSSR count). The van der Waals surface area contributed by atoms with Crippen LogP contribution >= 0.6 is 27.3 Å². The zero-order chi connectivity index (χ0) is 14.9. The molecule has 20 heavy (non-hydrogen) atoms. The van der Waals surface area contributed by atoms with Crippen LogP contribution in [0.3, 0.4) is 0 Å². The number of thiophene rings is 1. The molecule has 0 amide bonds. The summed E-state index contributed by atoms with van der Waals surface area (Å²) in [7, 11) is 0. The van der Waals surface area contributed by atoms with E-state index >= 15 is 0 Å². The average Bonchev–Trinajstić information content (AvgIpc) is 2.78. The molecule has 0 aliphatic carbocycles. The lowest BCUT2D eigenvalue weighted by molar-refractivity contribution is 0.506. The Morgan fingerprint density at radius 2 is 1.85 bits per heavy atom. The van der Waals surface area contributed by atoms with Crippen molar-refractivity contribution in [2.45, 2.75) is 45.6 Å². The van der Waals surface area contributed by atoms with E-state index in [1.54, 1.807) is 11.3 Å². The SMILES string of the molecule is CCC(C)(C)c1ccc(C(N)c2cc(C)c(Br)s2)cc1. The second-order valence-electron chi connectivity index (χ2n) is 5.94. The third-order valence-corrected chi connectivity index (χ3v) is 6.34. The van der Waals surface area contributed by atoms with Crippen molar-refractivity contribution in [1.82, 2.24) is 0 Å². The molecule has 1 heterocycles. The van der Waals surface area contributed by atoms with Crippen LogP contribution in [0.4, 0.5) is 0 Å². The third kappa shape index (κ3) is 3.16. The van der Waals surface area contributed by atoms with Crippen molar-refractivity contribution >= 4 is 27.3 Å². The molecule has 0 aliphatic heterocycles. The Labute approximate surface area is 134 Å². The molecule has 1 aromatic carbocycles. The van der Waals surface area contributed by atoms with Gasteiger partial charge in [0.2, 0.25) is 0 Å². The van der Waals surface area contributed by atoms with E-state index in [1.165, 1.54) is 25.4 Å². The Hall–Kier alpha value is -0.640. The van der Waals surface area contributed by atoms with Crippen LogP contribution in [0.15, 0.2) is 34.1 Å². The topological polar surface area (TPSA) is 26.0 Å². The van der Waals surface area contributed by atoms with Crippen LogP contribution in [0.1, 0.15) is 54.8 Å². The molecule has 1 atom stereocenters. The van der Waals surface area contributed by atoms with Crippen LogP contribution in [0.25, 0.3) is 0 Å². The van der Waals surface area contributed by atoms with Crippen LogP contribution in [-0.4, -0.2) is 0 Å². The standard InChI is InChI=1S/C17H22BrNS/c1-5-17(3,4)13-8-6-12(7-9-13)15(19)14-10-11(2)16(18)20-14/h6-10,15H,5,19H2,1-4H3. The van der Waals surface area contributed by atoms with Gasteiger partial charge in [-0.3, -0.25) is 0 Å². The molecule has 108 valence electrons. The maximum absolute atomic E-state index is 6.38. The average molecular weight is 352 g/mol. The monoisotopic (exact) mass is 351 g/mol. The molecule has 1 nitrogen and oxygen atoms in total. The third-order valence-electron chi connectivity index (χ3n) is 4.12. The van der Waals surface area contributed by atoms with Gasteiger partial charge in [0.1, 0.15) is 0 Å². The van der Waals surface area contributed by atoms with Crippen molar-refractivity contribution in [3.8, 4) is 0 Å². The van der Waals surface area contributed by atoms with Crippen molar-refractivity contribution in [2.24, 2.45) is 5.73 Å². The highest BCUT2D eigenvalue weighted by Gasteiger charge is 2.19. The maximum Gasteiger partial charge on any atom is 0.0731 e. The van der Waals surface area contributed by atoms with E-state index in [9.17, 15) is 0 Å². The first kappa shape index (κ1) is 15.7. The van der Waals surface area contributed by atoms with Crippen LogP contribution in [0.5, 0.6) is 0 Å². The molecule has 0 spiro atoms. The van der Waals surface area contributed by atoms with Crippen molar-refractivity contribution < 1.29 is 0 Å². The first-order valence-electron chi connectivity index (χ1n) is 6.97. The summed E-state index contributed by atoms with van der Waals surface area (Å²) in [4.78, 5) is 1.21. The van der Waals surface area contributed by atoms with Crippen LogP contribution in [0, 0.1) is 6.92 Å². The molecular formula is C17H22BrNS. The molecular weight excluding hydrogens is 330 g/mol. The molecule has 1 unspecified atom stereocenters. The van der Waals surface area contributed by atoms with Gasteiger partial charge >= 0.3 is 0 Å². The largest absolute Gasteiger partial charge is 0.320 e. The summed E-state index contributed by atoms with van der Waals surface area (Å²) in [5, 5.41) is 0. The number of hydrogen-bond acceptors (Lipinski definition) is 2. The van der Waals surface area contributed by atoms with E-state index in [-0.39, 0.29) is 11.5 Å². The molecule has 0 radical (unpaired) electrons. The lowest BCUT2D eigenvalue weighted by atomic mass is 9.82. The van der Waals surface area contributed by atoms with Crippen LogP contribution < -0.4 is 5.73 Å². The van der Waals surface area contributed by atoms with Gasteiger partial charge in [-0.1, -0.05) is 45.0 Å². The quantitative estimate of drug-likeness (QED) is 0.766. The lowest BCUT2D eigenvalue weighted by Gasteiger charge is -2.24. The maximum atomic E-state index is 6.38. The summed E-state index contributed by atoms with van der Waals surface area (Å²) in [6, 6.07) is 10.9. The summed E-state index contributed by atoms with van der Waals surface area (Å²) in [5.74, 6) is 0. The van der Waals surface area contributed by atoms with Gasteiger partial charge in [0.25, 0.3) is 0 Å². The number of aryl methyl sites for hydroxylation is 1. The molecule has 0 fully saturated rings. The summed E-state index contributed by atoms with van der Waals surface area (Å²) < 4.78 is 1.17. The van der Waals surface area contributed by atoms with Gasteiger partial charge in [0.15, 0.2) is 0 Å². The normalized spacial score (nSPS) is 13.5. The zero-order valence-electron chi connectivity index (χ0n) is 12.5. The molecule has 2 N–H and O–H groups in total. The highest BCUT2D eigenvalue weighted by Crippen LogP contribution is 2.34. The molecule has 0 saturated carbocycles. The highest BCUT2D eigenvalue weighted by atomic mass is 79.9. The van der Waals surface area contributed by atoms with Crippen molar-refractivity contribution in [3.63, 3.8) is 0 Å². The van der Waals surface area contributed by atoms with Crippen LogP contribution in [0.2, 0.25) is 0 Å². The summed E-state index contributed by atoms with van der Waals surface area (Å²) in [5.41, 5.74) is 10.4. The minimum Gasteiger partial charge on any atom is -0.320 e. The van der Waals surface area contributed by atoms with E-state index in [4.69, 9.17) is 5.73 Å². The molecule has 0 aliphatic rings. The second-order valence-corrected chi connectivity index (χ2v) is 8.34. The van der Waals surface area contributed by atoms with E-state index < -0.39 is 0 Å². The predicted octanol–water partition coefficient (Wildman–Crippen LogP) is 5.55. The fourth-order valence-corrected chi connectivity index (χ4v) is 3.75. The number of halogens is 1. The Morgan fingerprint density at radius 3 is 2.30 bits per heavy atom. The minimum absolute atomic E-state index is 0.0382. The van der Waals surface area contributed by atoms with E-state index in [0.29, 0.717) is 0 Å². The van der Waals surface area contributed by atoms with Crippen molar-refractivity contribution in [3.05, 3.63) is 55.7 Å². The van der Waals surface area contributed by atoms with Gasteiger partial charge in [-0.05, 0) is 57.4 Å². The molecule has 0 saturated heterocycles. The van der Waals surface area contributed by atoms with Crippen LogP contribution in [-0.2, 0) is 5.41 Å². The fraction of sp³-hybridized carbons (Fsp3) is 0.412. The first-order chi connectivity index (χ1) is 9.35. The van der Waals surface area contributed by atoms with Gasteiger partial charge in [0.05, 0.1) is 9.83 Å². The van der Waals surface area contributed by atoms with E-state index in [1.807, 2.05) is 0 Å². The van der Waals surface area contributed by atoms with E-state index in [2.05, 4.69) is 74.0 Å². The van der Waals surface area contributed by atoms with Gasteiger partial charge < -0.3 is 5.73 Å². The Balaban J connectivity index is 2.26. The van der Waals surface area contributed by atoms with Gasteiger partial charge in [-0.15, -0.1) is 11.3 Å². The number of benzene rings is 1.